The lowest BCUT2D eigenvalue weighted by atomic mass is 9.64. The summed E-state index contributed by atoms with van der Waals surface area (Å²) in [6.45, 7) is 1.98. The molecule has 1 amide bonds. The Balaban J connectivity index is 1.31. The van der Waals surface area contributed by atoms with Crippen molar-refractivity contribution in [3.63, 3.8) is 0 Å². The molecule has 2 N–H and O–H groups in total. The van der Waals surface area contributed by atoms with Crippen LogP contribution >= 0.6 is 0 Å². The Hall–Kier alpha value is -1.89. The Labute approximate surface area is 147 Å². The van der Waals surface area contributed by atoms with Crippen LogP contribution in [0.15, 0.2) is 12.4 Å². The first-order valence-electron chi connectivity index (χ1n) is 9.16. The van der Waals surface area contributed by atoms with Crippen molar-refractivity contribution < 1.29 is 14.7 Å². The lowest BCUT2D eigenvalue weighted by Gasteiger charge is -2.51. The molecule has 0 bridgehead atoms. The summed E-state index contributed by atoms with van der Waals surface area (Å²) in [5, 5.41) is 16.4. The predicted molar refractivity (Wildman–Crippen MR) is 91.2 cm³/mol. The molecule has 1 aliphatic heterocycles. The SMILES string of the molecule is Cn1cc(C(=O)NC2CC3(CCN(C4(CC(=O)O)CCC4)C3)C2)cn1. The van der Waals surface area contributed by atoms with Gasteiger partial charge in [-0.15, -0.1) is 0 Å². The summed E-state index contributed by atoms with van der Waals surface area (Å²) in [6, 6.07) is 0.226. The Morgan fingerprint density at radius 2 is 2.12 bits per heavy atom. The van der Waals surface area contributed by atoms with Crippen molar-refractivity contribution in [3.8, 4) is 0 Å². The molecule has 2 heterocycles. The van der Waals surface area contributed by atoms with Crippen LogP contribution in [-0.4, -0.2) is 56.3 Å². The van der Waals surface area contributed by atoms with E-state index in [1.165, 1.54) is 0 Å². The number of aromatic nitrogens is 2. The molecule has 0 unspecified atom stereocenters. The van der Waals surface area contributed by atoms with Gasteiger partial charge in [-0.2, -0.15) is 5.10 Å². The number of amides is 1. The number of carboxylic acids is 1. The van der Waals surface area contributed by atoms with E-state index in [9.17, 15) is 14.7 Å². The number of aryl methyl sites for hydroxylation is 1. The normalized spacial score (nSPS) is 30.7. The van der Waals surface area contributed by atoms with Crippen molar-refractivity contribution >= 4 is 11.9 Å². The molecule has 7 heteroatoms. The quantitative estimate of drug-likeness (QED) is 0.841. The topological polar surface area (TPSA) is 87.5 Å². The van der Waals surface area contributed by atoms with E-state index in [-0.39, 0.29) is 29.3 Å². The lowest BCUT2D eigenvalue weighted by molar-refractivity contribution is -0.142. The van der Waals surface area contributed by atoms with E-state index in [0.29, 0.717) is 5.56 Å². The highest BCUT2D eigenvalue weighted by molar-refractivity contribution is 5.93. The zero-order valence-corrected chi connectivity index (χ0v) is 14.7. The fourth-order valence-corrected chi connectivity index (χ4v) is 5.04. The van der Waals surface area contributed by atoms with E-state index >= 15 is 0 Å². The molecule has 136 valence electrons. The first-order chi connectivity index (χ1) is 11.9. The van der Waals surface area contributed by atoms with Gasteiger partial charge in [-0.3, -0.25) is 19.2 Å². The minimum absolute atomic E-state index is 0.0517. The number of carboxylic acid groups (broad SMARTS) is 1. The van der Waals surface area contributed by atoms with Gasteiger partial charge in [0.15, 0.2) is 0 Å². The first-order valence-corrected chi connectivity index (χ1v) is 9.16. The number of hydrogen-bond donors (Lipinski definition) is 2. The average Bonchev–Trinajstić information content (AvgIpc) is 3.09. The van der Waals surface area contributed by atoms with Crippen molar-refractivity contribution in [2.24, 2.45) is 12.5 Å². The molecular formula is C18H26N4O3. The molecule has 1 saturated heterocycles. The number of likely N-dealkylation sites (tertiary alicyclic amines) is 1. The van der Waals surface area contributed by atoms with Gasteiger partial charge in [0.25, 0.3) is 5.91 Å². The number of rotatable bonds is 5. The van der Waals surface area contributed by atoms with Gasteiger partial charge >= 0.3 is 5.97 Å². The Morgan fingerprint density at radius 3 is 2.68 bits per heavy atom. The van der Waals surface area contributed by atoms with Gasteiger partial charge < -0.3 is 10.4 Å². The van der Waals surface area contributed by atoms with Crippen LogP contribution in [0.2, 0.25) is 0 Å². The van der Waals surface area contributed by atoms with E-state index in [1.807, 2.05) is 0 Å². The van der Waals surface area contributed by atoms with Crippen LogP contribution in [0.1, 0.15) is 55.3 Å². The second kappa shape index (κ2) is 5.83. The standard InChI is InChI=1S/C18H26N4O3/c1-21-11-13(10-19-21)16(25)20-14-7-17(8-14)5-6-22(12-17)18(3-2-4-18)9-15(23)24/h10-11,14H,2-9,12H2,1H3,(H,20,25)(H,23,24). The van der Waals surface area contributed by atoms with Crippen molar-refractivity contribution in [2.75, 3.05) is 13.1 Å². The van der Waals surface area contributed by atoms with Crippen molar-refractivity contribution in [1.29, 1.82) is 0 Å². The molecule has 0 radical (unpaired) electrons. The highest BCUT2D eigenvalue weighted by Gasteiger charge is 2.54. The zero-order valence-electron chi connectivity index (χ0n) is 14.7. The van der Waals surface area contributed by atoms with Crippen molar-refractivity contribution in [3.05, 3.63) is 18.0 Å². The zero-order chi connectivity index (χ0) is 17.7. The maximum Gasteiger partial charge on any atom is 0.305 e. The van der Waals surface area contributed by atoms with E-state index in [2.05, 4.69) is 15.3 Å². The van der Waals surface area contributed by atoms with Crippen LogP contribution in [0.3, 0.4) is 0 Å². The molecule has 25 heavy (non-hydrogen) atoms. The number of carbonyl (C=O) groups is 2. The number of nitrogens with zero attached hydrogens (tertiary/aromatic N) is 3. The number of carbonyl (C=O) groups excluding carboxylic acids is 1. The molecule has 0 atom stereocenters. The van der Waals surface area contributed by atoms with Crippen LogP contribution < -0.4 is 5.32 Å². The molecule has 2 saturated carbocycles. The second-order valence-corrected chi connectivity index (χ2v) is 8.30. The second-order valence-electron chi connectivity index (χ2n) is 8.30. The summed E-state index contributed by atoms with van der Waals surface area (Å²) in [4.78, 5) is 25.9. The lowest BCUT2D eigenvalue weighted by Crippen LogP contribution is -2.57. The third-order valence-electron chi connectivity index (χ3n) is 6.53. The van der Waals surface area contributed by atoms with Gasteiger partial charge in [0.1, 0.15) is 0 Å². The largest absolute Gasteiger partial charge is 0.481 e. The molecule has 0 aromatic carbocycles. The highest BCUT2D eigenvalue weighted by atomic mass is 16.4. The summed E-state index contributed by atoms with van der Waals surface area (Å²) >= 11 is 0. The average molecular weight is 346 g/mol. The maximum absolute atomic E-state index is 12.2. The van der Waals surface area contributed by atoms with E-state index < -0.39 is 5.97 Å². The molecule has 3 aliphatic rings. The fourth-order valence-electron chi connectivity index (χ4n) is 5.04. The number of hydrogen-bond acceptors (Lipinski definition) is 4. The minimum Gasteiger partial charge on any atom is -0.481 e. The third-order valence-corrected chi connectivity index (χ3v) is 6.53. The molecule has 3 fully saturated rings. The first kappa shape index (κ1) is 16.6. The van der Waals surface area contributed by atoms with Crippen molar-refractivity contribution in [2.45, 2.75) is 56.5 Å². The molecule has 7 nitrogen and oxygen atoms in total. The van der Waals surface area contributed by atoms with Gasteiger partial charge in [0, 0.05) is 31.4 Å². The molecule has 4 rings (SSSR count). The summed E-state index contributed by atoms with van der Waals surface area (Å²) in [5.74, 6) is -0.736. The van der Waals surface area contributed by atoms with Crippen LogP contribution in [0, 0.1) is 5.41 Å². The molecule has 1 aromatic heterocycles. The third kappa shape index (κ3) is 2.94. The number of nitrogens with one attached hydrogen (secondary N) is 1. The van der Waals surface area contributed by atoms with Gasteiger partial charge in [-0.05, 0) is 50.5 Å². The predicted octanol–water partition coefficient (Wildman–Crippen LogP) is 1.40. The maximum atomic E-state index is 12.2. The smallest absolute Gasteiger partial charge is 0.305 e. The van der Waals surface area contributed by atoms with Crippen LogP contribution in [-0.2, 0) is 11.8 Å². The summed E-state index contributed by atoms with van der Waals surface area (Å²) in [5.41, 5.74) is 0.777. The Bertz CT molecular complexity index is 688. The summed E-state index contributed by atoms with van der Waals surface area (Å²) in [7, 11) is 1.80. The monoisotopic (exact) mass is 346 g/mol. The van der Waals surface area contributed by atoms with E-state index in [1.54, 1.807) is 24.1 Å². The summed E-state index contributed by atoms with van der Waals surface area (Å²) in [6.07, 6.45) is 9.86. The van der Waals surface area contributed by atoms with Crippen LogP contribution in [0.4, 0.5) is 0 Å². The Morgan fingerprint density at radius 1 is 1.36 bits per heavy atom. The summed E-state index contributed by atoms with van der Waals surface area (Å²) < 4.78 is 1.63. The Kier molecular flexibility index (Phi) is 3.86. The minimum atomic E-state index is -0.684. The molecule has 2 aliphatic carbocycles. The molecule has 1 aromatic rings. The highest BCUT2D eigenvalue weighted by Crippen LogP contribution is 2.53. The van der Waals surface area contributed by atoms with Crippen molar-refractivity contribution in [1.82, 2.24) is 20.0 Å². The van der Waals surface area contributed by atoms with E-state index in [4.69, 9.17) is 0 Å². The van der Waals surface area contributed by atoms with Gasteiger partial charge in [0.2, 0.25) is 0 Å². The van der Waals surface area contributed by atoms with E-state index in [0.717, 1.165) is 51.6 Å². The number of aliphatic carboxylic acids is 1. The van der Waals surface area contributed by atoms with Crippen LogP contribution in [0.5, 0.6) is 0 Å². The van der Waals surface area contributed by atoms with Gasteiger partial charge in [-0.1, -0.05) is 0 Å². The molecular weight excluding hydrogens is 320 g/mol. The van der Waals surface area contributed by atoms with Gasteiger partial charge in [-0.25, -0.2) is 0 Å². The molecule has 1 spiro atoms. The fraction of sp³-hybridized carbons (Fsp3) is 0.722. The van der Waals surface area contributed by atoms with Crippen LogP contribution in [0.25, 0.3) is 0 Å². The van der Waals surface area contributed by atoms with Gasteiger partial charge in [0.05, 0.1) is 18.2 Å².